The maximum absolute atomic E-state index is 12.3. The molecule has 0 bridgehead atoms. The quantitative estimate of drug-likeness (QED) is 0.572. The average Bonchev–Trinajstić information content (AvgIpc) is 2.98. The summed E-state index contributed by atoms with van der Waals surface area (Å²) in [6.45, 7) is 13.7. The molecule has 24 heavy (non-hydrogen) atoms. The molecule has 0 radical (unpaired) electrons. The average molecular weight is 374 g/mol. The number of carbonyl (C=O) groups is 2. The van der Waals surface area contributed by atoms with Crippen molar-refractivity contribution in [3.05, 3.63) is 0 Å². The lowest BCUT2D eigenvalue weighted by Crippen LogP contribution is -2.63. The van der Waals surface area contributed by atoms with Crippen LogP contribution in [0.5, 0.6) is 0 Å². The van der Waals surface area contributed by atoms with Crippen molar-refractivity contribution in [2.75, 3.05) is 6.61 Å². The first-order valence-electron chi connectivity index (χ1n) is 8.87. The number of ether oxygens (including phenoxy) is 1. The summed E-state index contributed by atoms with van der Waals surface area (Å²) in [5, 5.41) is 2.80. The summed E-state index contributed by atoms with van der Waals surface area (Å²) in [5.41, 5.74) is 0. The second kappa shape index (κ2) is 7.48. The van der Waals surface area contributed by atoms with E-state index >= 15 is 0 Å². The Morgan fingerprint density at radius 3 is 2.58 bits per heavy atom. The summed E-state index contributed by atoms with van der Waals surface area (Å²) < 4.78 is 11.9. The Balaban J connectivity index is 2.01. The summed E-state index contributed by atoms with van der Waals surface area (Å²) in [5.74, 6) is -0.252. The number of thioether (sulfide) groups is 1. The molecule has 2 aliphatic rings. The fourth-order valence-corrected chi connectivity index (χ4v) is 5.40. The van der Waals surface area contributed by atoms with Gasteiger partial charge in [-0.15, -0.1) is 0 Å². The van der Waals surface area contributed by atoms with E-state index in [2.05, 4.69) is 39.2 Å². The maximum Gasteiger partial charge on any atom is 0.229 e. The van der Waals surface area contributed by atoms with E-state index in [0.29, 0.717) is 6.61 Å². The molecule has 0 spiro atoms. The van der Waals surface area contributed by atoms with Gasteiger partial charge in [0.1, 0.15) is 6.10 Å². The number of β-lactam (4-membered cyclic amide) rings is 1. The van der Waals surface area contributed by atoms with Crippen LogP contribution in [0, 0.1) is 5.92 Å². The van der Waals surface area contributed by atoms with Crippen LogP contribution in [-0.4, -0.2) is 43.5 Å². The molecule has 0 saturated carbocycles. The third-order valence-corrected chi connectivity index (χ3v) is 11.1. The van der Waals surface area contributed by atoms with Crippen molar-refractivity contribution in [3.63, 3.8) is 0 Å². The van der Waals surface area contributed by atoms with Crippen molar-refractivity contribution >= 4 is 31.1 Å². The molecule has 5 nitrogen and oxygen atoms in total. The molecule has 1 amide bonds. The number of rotatable bonds is 6. The monoisotopic (exact) mass is 373 g/mol. The lowest BCUT2D eigenvalue weighted by molar-refractivity contribution is -0.137. The van der Waals surface area contributed by atoms with Crippen molar-refractivity contribution in [1.82, 2.24) is 5.32 Å². The van der Waals surface area contributed by atoms with Gasteiger partial charge in [0.05, 0.1) is 17.4 Å². The van der Waals surface area contributed by atoms with Gasteiger partial charge in [0.15, 0.2) is 8.32 Å². The lowest BCUT2D eigenvalue weighted by atomic mass is 9.93. The first-order chi connectivity index (χ1) is 11.1. The fourth-order valence-electron chi connectivity index (χ4n) is 2.76. The van der Waals surface area contributed by atoms with E-state index in [9.17, 15) is 9.59 Å². The van der Waals surface area contributed by atoms with Gasteiger partial charge in [-0.1, -0.05) is 39.5 Å². The van der Waals surface area contributed by atoms with Gasteiger partial charge in [0, 0.05) is 6.61 Å². The highest BCUT2D eigenvalue weighted by Gasteiger charge is 2.49. The molecule has 1 N–H and O–H groups in total. The van der Waals surface area contributed by atoms with E-state index in [4.69, 9.17) is 9.16 Å². The van der Waals surface area contributed by atoms with Crippen molar-refractivity contribution in [1.29, 1.82) is 0 Å². The number of carbonyl (C=O) groups excluding carboxylic acids is 2. The lowest BCUT2D eigenvalue weighted by Gasteiger charge is -2.45. The zero-order valence-electron chi connectivity index (χ0n) is 15.7. The molecule has 0 aromatic heterocycles. The second-order valence-electron chi connectivity index (χ2n) is 8.22. The summed E-state index contributed by atoms with van der Waals surface area (Å²) in [6.07, 6.45) is 2.05. The van der Waals surface area contributed by atoms with E-state index in [1.807, 2.05) is 6.92 Å². The minimum Gasteiger partial charge on any atom is -0.413 e. The highest BCUT2D eigenvalue weighted by molar-refractivity contribution is 8.14. The first kappa shape index (κ1) is 19.9. The molecule has 2 saturated heterocycles. The van der Waals surface area contributed by atoms with Crippen molar-refractivity contribution in [2.24, 2.45) is 5.92 Å². The van der Waals surface area contributed by atoms with Crippen LogP contribution in [-0.2, 0) is 18.8 Å². The topological polar surface area (TPSA) is 64.6 Å². The molecular formula is C17H31NO4SSi. The van der Waals surface area contributed by atoms with E-state index in [1.54, 1.807) is 0 Å². The standard InChI is InChI=1S/C17H31NO4SSi/c1-7-11(22-24(5,6)17(2,3)4)13-14(19)18-15(13)23-16(20)12-9-8-10-21-12/h11-13,15H,7-10H2,1-6H3,(H,18,19)/t11-,12?,13+,15-/m1/s1. The highest BCUT2D eigenvalue weighted by atomic mass is 32.2. The third-order valence-electron chi connectivity index (χ3n) is 5.40. The number of hydrogen-bond acceptors (Lipinski definition) is 5. The molecule has 138 valence electrons. The Kier molecular flexibility index (Phi) is 6.21. The van der Waals surface area contributed by atoms with E-state index in [0.717, 1.165) is 19.3 Å². The predicted octanol–water partition coefficient (Wildman–Crippen LogP) is 3.30. The highest BCUT2D eigenvalue weighted by Crippen LogP contribution is 2.41. The third kappa shape index (κ3) is 4.23. The summed E-state index contributed by atoms with van der Waals surface area (Å²) >= 11 is 1.21. The molecule has 4 atom stereocenters. The molecule has 2 aliphatic heterocycles. The molecule has 0 aliphatic carbocycles. The van der Waals surface area contributed by atoms with Crippen LogP contribution < -0.4 is 5.32 Å². The molecule has 2 fully saturated rings. The van der Waals surface area contributed by atoms with Crippen LogP contribution in [0.4, 0.5) is 0 Å². The summed E-state index contributed by atoms with van der Waals surface area (Å²) in [7, 11) is -1.96. The number of hydrogen-bond donors (Lipinski definition) is 1. The predicted molar refractivity (Wildman–Crippen MR) is 99.4 cm³/mol. The molecule has 1 unspecified atom stereocenters. The Labute approximate surface area is 150 Å². The van der Waals surface area contributed by atoms with Crippen LogP contribution >= 0.6 is 11.8 Å². The normalized spacial score (nSPS) is 29.1. The number of nitrogens with one attached hydrogen (secondary N) is 1. The largest absolute Gasteiger partial charge is 0.413 e. The van der Waals surface area contributed by atoms with Gasteiger partial charge in [-0.25, -0.2) is 0 Å². The van der Waals surface area contributed by atoms with Crippen LogP contribution in [0.3, 0.4) is 0 Å². The Morgan fingerprint density at radius 2 is 2.12 bits per heavy atom. The van der Waals surface area contributed by atoms with Crippen molar-refractivity contribution in [3.8, 4) is 0 Å². The SMILES string of the molecule is CC[C@@H](O[Si](C)(C)C(C)(C)C)[C@H]1C(=O)N[C@@H]1SC(=O)C1CCCO1. The fraction of sp³-hybridized carbons (Fsp3) is 0.882. The molecule has 2 rings (SSSR count). The van der Waals surface area contributed by atoms with Crippen LogP contribution in [0.1, 0.15) is 47.0 Å². The van der Waals surface area contributed by atoms with E-state index in [1.165, 1.54) is 11.8 Å². The smallest absolute Gasteiger partial charge is 0.229 e. The van der Waals surface area contributed by atoms with Crippen LogP contribution in [0.15, 0.2) is 0 Å². The Bertz CT molecular complexity index is 485. The van der Waals surface area contributed by atoms with Crippen LogP contribution in [0.25, 0.3) is 0 Å². The maximum atomic E-state index is 12.3. The van der Waals surface area contributed by atoms with Gasteiger partial charge >= 0.3 is 0 Å². The summed E-state index contributed by atoms with van der Waals surface area (Å²) in [6, 6.07) is 0. The van der Waals surface area contributed by atoms with Gasteiger partial charge in [-0.05, 0) is 37.4 Å². The van der Waals surface area contributed by atoms with Gasteiger partial charge in [-0.2, -0.15) is 0 Å². The van der Waals surface area contributed by atoms with Gasteiger partial charge in [0.2, 0.25) is 11.0 Å². The van der Waals surface area contributed by atoms with Gasteiger partial charge in [-0.3, -0.25) is 9.59 Å². The molecule has 0 aromatic rings. The minimum atomic E-state index is -1.96. The molecular weight excluding hydrogens is 342 g/mol. The van der Waals surface area contributed by atoms with Gasteiger partial charge < -0.3 is 14.5 Å². The Hall–Kier alpha value is -0.373. The zero-order valence-corrected chi connectivity index (χ0v) is 17.5. The van der Waals surface area contributed by atoms with Crippen molar-refractivity contribution < 1.29 is 18.8 Å². The second-order valence-corrected chi connectivity index (χ2v) is 14.1. The molecule has 2 heterocycles. The van der Waals surface area contributed by atoms with E-state index in [-0.39, 0.29) is 39.6 Å². The van der Waals surface area contributed by atoms with Crippen LogP contribution in [0.2, 0.25) is 18.1 Å². The molecule has 7 heteroatoms. The van der Waals surface area contributed by atoms with E-state index < -0.39 is 8.32 Å². The molecule has 0 aromatic carbocycles. The minimum absolute atomic E-state index is 0.00167. The number of amides is 1. The Morgan fingerprint density at radius 1 is 1.46 bits per heavy atom. The van der Waals surface area contributed by atoms with Gasteiger partial charge in [0.25, 0.3) is 0 Å². The van der Waals surface area contributed by atoms with Crippen molar-refractivity contribution in [2.45, 2.75) is 82.7 Å². The summed E-state index contributed by atoms with van der Waals surface area (Å²) in [4.78, 5) is 24.5. The first-order valence-corrected chi connectivity index (χ1v) is 12.7. The zero-order chi connectivity index (χ0) is 18.1.